The minimum atomic E-state index is -4.15. The molecule has 230 valence electrons. The molecule has 12 nitrogen and oxygen atoms in total. The first-order chi connectivity index (χ1) is 20.9. The molecule has 0 spiro atoms. The Hall–Kier alpha value is -5.08. The summed E-state index contributed by atoms with van der Waals surface area (Å²) in [6.45, 7) is 0. The van der Waals surface area contributed by atoms with Crippen molar-refractivity contribution in [3.05, 3.63) is 96.1 Å². The molecule has 2 N–H and O–H groups in total. The van der Waals surface area contributed by atoms with E-state index in [9.17, 15) is 26.4 Å². The van der Waals surface area contributed by atoms with Crippen molar-refractivity contribution < 1.29 is 45.4 Å². The van der Waals surface area contributed by atoms with E-state index in [0.29, 0.717) is 11.1 Å². The molecular weight excluding hydrogens is 612 g/mol. The molecule has 44 heavy (non-hydrogen) atoms. The molecule has 4 rings (SSSR count). The molecule has 0 aliphatic heterocycles. The van der Waals surface area contributed by atoms with Gasteiger partial charge in [-0.3, -0.25) is 9.44 Å². The molecule has 0 saturated heterocycles. The number of carbonyl (C=O) groups excluding carboxylic acids is 2. The molecule has 0 aliphatic carbocycles. The zero-order valence-corrected chi connectivity index (χ0v) is 25.6. The van der Waals surface area contributed by atoms with E-state index in [-0.39, 0.29) is 43.8 Å². The Labute approximate surface area is 254 Å². The number of carbonyl (C=O) groups is 2. The third-order valence-electron chi connectivity index (χ3n) is 6.44. The van der Waals surface area contributed by atoms with Crippen LogP contribution in [-0.4, -0.2) is 57.2 Å². The van der Waals surface area contributed by atoms with Crippen molar-refractivity contribution in [2.75, 3.05) is 37.9 Å². The zero-order valence-electron chi connectivity index (χ0n) is 24.0. The van der Waals surface area contributed by atoms with Gasteiger partial charge in [-0.1, -0.05) is 36.4 Å². The van der Waals surface area contributed by atoms with Crippen LogP contribution in [0.4, 0.5) is 11.4 Å². The van der Waals surface area contributed by atoms with Crippen LogP contribution >= 0.6 is 0 Å². The summed E-state index contributed by atoms with van der Waals surface area (Å²) in [5.74, 6) is -1.23. The van der Waals surface area contributed by atoms with Gasteiger partial charge in [0.15, 0.2) is 0 Å². The van der Waals surface area contributed by atoms with Gasteiger partial charge in [-0.05, 0) is 59.7 Å². The molecule has 0 amide bonds. The number of rotatable bonds is 11. The van der Waals surface area contributed by atoms with E-state index in [1.54, 1.807) is 24.3 Å². The summed E-state index contributed by atoms with van der Waals surface area (Å²) in [5.41, 5.74) is 1.02. The van der Waals surface area contributed by atoms with Crippen LogP contribution in [0.3, 0.4) is 0 Å². The predicted octanol–water partition coefficient (Wildman–Crippen LogP) is 4.55. The van der Waals surface area contributed by atoms with Crippen molar-refractivity contribution in [2.24, 2.45) is 0 Å². The molecule has 0 atom stereocenters. The van der Waals surface area contributed by atoms with Gasteiger partial charge in [-0.25, -0.2) is 26.4 Å². The topological polar surface area (TPSA) is 163 Å². The van der Waals surface area contributed by atoms with E-state index in [1.807, 2.05) is 0 Å². The monoisotopic (exact) mass is 640 g/mol. The first-order valence-corrected chi connectivity index (χ1v) is 15.7. The molecule has 14 heteroatoms. The summed E-state index contributed by atoms with van der Waals surface area (Å²) in [5, 5.41) is 0. The van der Waals surface area contributed by atoms with Gasteiger partial charge in [-0.2, -0.15) is 0 Å². The van der Waals surface area contributed by atoms with Crippen LogP contribution in [0.5, 0.6) is 11.5 Å². The molecule has 0 unspecified atom stereocenters. The normalized spacial score (nSPS) is 11.3. The highest BCUT2D eigenvalue weighted by atomic mass is 32.2. The fraction of sp³-hybridized carbons (Fsp3) is 0.133. The lowest BCUT2D eigenvalue weighted by Gasteiger charge is -2.15. The number of esters is 2. The van der Waals surface area contributed by atoms with Crippen molar-refractivity contribution in [1.82, 2.24) is 0 Å². The maximum absolute atomic E-state index is 13.2. The maximum Gasteiger partial charge on any atom is 0.340 e. The van der Waals surface area contributed by atoms with Gasteiger partial charge in [0.05, 0.1) is 49.4 Å². The largest absolute Gasteiger partial charge is 0.495 e. The molecular formula is C30H28N2O10S2. The molecule has 0 aromatic heterocycles. The van der Waals surface area contributed by atoms with Gasteiger partial charge in [0, 0.05) is 0 Å². The first-order valence-electron chi connectivity index (χ1n) is 12.7. The lowest BCUT2D eigenvalue weighted by molar-refractivity contribution is 0.0592. The summed E-state index contributed by atoms with van der Waals surface area (Å²) in [4.78, 5) is 24.2. The Kier molecular flexibility index (Phi) is 9.45. The second-order valence-electron chi connectivity index (χ2n) is 9.01. The van der Waals surface area contributed by atoms with Gasteiger partial charge in [0.25, 0.3) is 20.0 Å². The average Bonchev–Trinajstić information content (AvgIpc) is 3.04. The van der Waals surface area contributed by atoms with E-state index >= 15 is 0 Å². The van der Waals surface area contributed by atoms with E-state index in [1.165, 1.54) is 89.1 Å². The van der Waals surface area contributed by atoms with E-state index in [4.69, 9.17) is 18.9 Å². The van der Waals surface area contributed by atoms with Crippen LogP contribution in [0.25, 0.3) is 11.1 Å². The van der Waals surface area contributed by atoms with E-state index in [2.05, 4.69) is 9.44 Å². The Morgan fingerprint density at radius 2 is 0.864 bits per heavy atom. The van der Waals surface area contributed by atoms with Gasteiger partial charge < -0.3 is 18.9 Å². The number of methoxy groups -OCH3 is 4. The van der Waals surface area contributed by atoms with Crippen LogP contribution in [-0.2, 0) is 29.5 Å². The Morgan fingerprint density at radius 1 is 0.523 bits per heavy atom. The highest BCUT2D eigenvalue weighted by Crippen LogP contribution is 2.33. The number of ether oxygens (including phenoxy) is 4. The number of anilines is 2. The molecule has 0 saturated carbocycles. The third-order valence-corrected chi connectivity index (χ3v) is 9.17. The Morgan fingerprint density at radius 3 is 1.16 bits per heavy atom. The van der Waals surface area contributed by atoms with Crippen molar-refractivity contribution in [2.45, 2.75) is 9.79 Å². The second-order valence-corrected chi connectivity index (χ2v) is 12.4. The Balaban J connectivity index is 1.58. The number of sulfonamides is 2. The van der Waals surface area contributed by atoms with Crippen LogP contribution in [0.1, 0.15) is 20.7 Å². The lowest BCUT2D eigenvalue weighted by atomic mass is 10.1. The second kappa shape index (κ2) is 13.1. The number of hydrogen-bond acceptors (Lipinski definition) is 10. The minimum Gasteiger partial charge on any atom is -0.495 e. The first kappa shape index (κ1) is 31.8. The summed E-state index contributed by atoms with van der Waals surface area (Å²) in [7, 11) is -3.26. The number of hydrogen-bond donors (Lipinski definition) is 2. The van der Waals surface area contributed by atoms with Crippen LogP contribution in [0, 0.1) is 0 Å². The standard InChI is InChI=1S/C30H28N2O10S2/c1-39-25-9-5-7-23(29(33)41-3)27(25)31-43(35,36)21-15-11-19(12-16-21)20-13-17-22(18-14-20)44(37,38)32-28-24(30(34)42-4)8-6-10-26(28)40-2/h5-18,31-32H,1-4H3. The van der Waals surface area contributed by atoms with Crippen molar-refractivity contribution in [3.8, 4) is 22.6 Å². The average molecular weight is 641 g/mol. The summed E-state index contributed by atoms with van der Waals surface area (Å²) >= 11 is 0. The fourth-order valence-electron chi connectivity index (χ4n) is 4.21. The molecule has 4 aromatic rings. The predicted molar refractivity (Wildman–Crippen MR) is 162 cm³/mol. The van der Waals surface area contributed by atoms with Gasteiger partial charge >= 0.3 is 11.9 Å². The number of nitrogens with one attached hydrogen (secondary N) is 2. The summed E-state index contributed by atoms with van der Waals surface area (Å²) in [6.07, 6.45) is 0. The zero-order chi connectivity index (χ0) is 32.1. The van der Waals surface area contributed by atoms with E-state index in [0.717, 1.165) is 0 Å². The smallest absolute Gasteiger partial charge is 0.340 e. The lowest BCUT2D eigenvalue weighted by Crippen LogP contribution is -2.17. The van der Waals surface area contributed by atoms with Crippen molar-refractivity contribution in [1.29, 1.82) is 0 Å². The van der Waals surface area contributed by atoms with Gasteiger partial charge in [0.1, 0.15) is 22.9 Å². The summed E-state index contributed by atoms with van der Waals surface area (Å²) in [6, 6.07) is 20.6. The van der Waals surface area contributed by atoms with Crippen molar-refractivity contribution in [3.63, 3.8) is 0 Å². The van der Waals surface area contributed by atoms with Crippen LogP contribution in [0.15, 0.2) is 94.7 Å². The fourth-order valence-corrected chi connectivity index (χ4v) is 6.40. The molecule has 0 radical (unpaired) electrons. The summed E-state index contributed by atoms with van der Waals surface area (Å²) < 4.78 is 77.5. The Bertz CT molecular complexity index is 1770. The molecule has 0 aliphatic rings. The van der Waals surface area contributed by atoms with Crippen molar-refractivity contribution >= 4 is 43.4 Å². The molecule has 4 aromatic carbocycles. The number of benzene rings is 4. The highest BCUT2D eigenvalue weighted by molar-refractivity contribution is 7.93. The molecule has 0 bridgehead atoms. The van der Waals surface area contributed by atoms with Gasteiger partial charge in [-0.15, -0.1) is 0 Å². The van der Waals surface area contributed by atoms with E-state index < -0.39 is 32.0 Å². The number of para-hydroxylation sites is 2. The van der Waals surface area contributed by atoms with Crippen LogP contribution in [0.2, 0.25) is 0 Å². The minimum absolute atomic E-state index is 0.0243. The molecule has 0 fully saturated rings. The van der Waals surface area contributed by atoms with Crippen LogP contribution < -0.4 is 18.9 Å². The molecule has 0 heterocycles. The SMILES string of the molecule is COC(=O)c1cccc(OC)c1NS(=O)(=O)c1ccc(-c2ccc(S(=O)(=O)Nc3c(OC)cccc3C(=O)OC)cc2)cc1. The highest BCUT2D eigenvalue weighted by Gasteiger charge is 2.24. The van der Waals surface area contributed by atoms with Gasteiger partial charge in [0.2, 0.25) is 0 Å². The quantitative estimate of drug-likeness (QED) is 0.222. The maximum atomic E-state index is 13.2. The third kappa shape index (κ3) is 6.61.